The molecule has 0 radical (unpaired) electrons. The summed E-state index contributed by atoms with van der Waals surface area (Å²) in [6, 6.07) is 0. The van der Waals surface area contributed by atoms with Gasteiger partial charge in [-0.1, -0.05) is 6.58 Å². The summed E-state index contributed by atoms with van der Waals surface area (Å²) in [5, 5.41) is 8.89. The molecule has 2 atom stereocenters. The van der Waals surface area contributed by atoms with Crippen LogP contribution in [0.3, 0.4) is 0 Å². The second-order valence-corrected chi connectivity index (χ2v) is 4.36. The van der Waals surface area contributed by atoms with Gasteiger partial charge in [-0.25, -0.2) is 13.6 Å². The van der Waals surface area contributed by atoms with Gasteiger partial charge in [0, 0.05) is 6.42 Å². The molecule has 0 saturated carbocycles. The topological polar surface area (TPSA) is 55.8 Å². The highest BCUT2D eigenvalue weighted by atomic mass is 19.4. The smallest absolute Gasteiger partial charge is 0.449 e. The van der Waals surface area contributed by atoms with Gasteiger partial charge in [0.2, 0.25) is 0 Å². The van der Waals surface area contributed by atoms with E-state index in [2.05, 4.69) is 16.1 Å². The maximum Gasteiger partial charge on any atom is 0.449 e. The first kappa shape index (κ1) is 18.6. The molecule has 1 aliphatic heterocycles. The van der Waals surface area contributed by atoms with Crippen LogP contribution in [-0.4, -0.2) is 47.8 Å². The Morgan fingerprint density at radius 2 is 1.77 bits per heavy atom. The van der Waals surface area contributed by atoms with Crippen molar-refractivity contribution in [2.75, 3.05) is 6.61 Å². The summed E-state index contributed by atoms with van der Waals surface area (Å²) >= 11 is 0. The molecule has 0 aromatic carbocycles. The third-order valence-corrected chi connectivity index (χ3v) is 2.69. The summed E-state index contributed by atoms with van der Waals surface area (Å²) < 4.78 is 107. The van der Waals surface area contributed by atoms with Crippen LogP contribution in [0.2, 0.25) is 0 Å². The van der Waals surface area contributed by atoms with Crippen molar-refractivity contribution in [3.8, 4) is 0 Å². The van der Waals surface area contributed by atoms with E-state index < -0.39 is 54.7 Å². The van der Waals surface area contributed by atoms with Crippen molar-refractivity contribution >= 4 is 5.97 Å². The number of ether oxygens (including phenoxy) is 2. The first-order valence-electron chi connectivity index (χ1n) is 5.40. The number of carbonyl (C=O) groups excluding carboxylic acids is 1. The predicted molar refractivity (Wildman–Crippen MR) is 51.6 cm³/mol. The Hall–Kier alpha value is -1.43. The van der Waals surface area contributed by atoms with E-state index in [1.807, 2.05) is 0 Å². The number of hydrogen-bond donors (Lipinski definition) is 1. The van der Waals surface area contributed by atoms with E-state index in [1.165, 1.54) is 0 Å². The van der Waals surface area contributed by atoms with Crippen LogP contribution < -0.4 is 0 Å². The van der Waals surface area contributed by atoms with E-state index in [0.717, 1.165) is 0 Å². The van der Waals surface area contributed by atoms with Gasteiger partial charge < -0.3 is 14.6 Å². The van der Waals surface area contributed by atoms with Crippen LogP contribution in [0.15, 0.2) is 12.2 Å². The second-order valence-electron chi connectivity index (χ2n) is 4.36. The first-order chi connectivity index (χ1) is 9.62. The van der Waals surface area contributed by atoms with E-state index >= 15 is 0 Å². The Labute approximate surface area is 117 Å². The molecule has 1 N–H and O–H groups in total. The summed E-state index contributed by atoms with van der Waals surface area (Å²) in [6.45, 7) is 1.00. The number of alkyl halides is 8. The number of rotatable bonds is 3. The van der Waals surface area contributed by atoms with Crippen molar-refractivity contribution in [1.82, 2.24) is 0 Å². The molecule has 0 spiro atoms. The molecule has 1 fully saturated rings. The van der Waals surface area contributed by atoms with Crippen LogP contribution >= 0.6 is 0 Å². The summed E-state index contributed by atoms with van der Waals surface area (Å²) in [5.41, 5.74) is -1.97. The van der Waals surface area contributed by atoms with Crippen LogP contribution in [0.5, 0.6) is 0 Å². The monoisotopic (exact) mass is 344 g/mol. The molecule has 0 aromatic rings. The molecular weight excluding hydrogens is 336 g/mol. The lowest BCUT2D eigenvalue weighted by Crippen LogP contribution is -2.56. The van der Waals surface area contributed by atoms with Crippen molar-refractivity contribution in [1.29, 1.82) is 0 Å². The minimum atomic E-state index is -5.86. The number of hydrogen-bond acceptors (Lipinski definition) is 4. The average Bonchev–Trinajstić information content (AvgIpc) is 2.55. The summed E-state index contributed by atoms with van der Waals surface area (Å²) in [4.78, 5) is 10.9. The number of carbonyl (C=O) groups is 1. The van der Waals surface area contributed by atoms with Gasteiger partial charge in [-0.15, -0.1) is 0 Å². The normalized spacial score (nSPS) is 28.5. The fraction of sp³-hybridized carbons (Fsp3) is 0.700. The molecule has 128 valence electrons. The molecule has 0 bridgehead atoms. The SMILES string of the molecule is C=C(C(=O)OCC1CC(F)(F)C(O)(C(F)(F)F)O1)C(F)(F)F. The second kappa shape index (κ2) is 5.33. The zero-order valence-electron chi connectivity index (χ0n) is 10.4. The Balaban J connectivity index is 2.72. The highest BCUT2D eigenvalue weighted by molar-refractivity contribution is 5.89. The minimum Gasteiger partial charge on any atom is -0.459 e. The predicted octanol–water partition coefficient (Wildman–Crippen LogP) is 2.32. The Morgan fingerprint density at radius 3 is 2.14 bits per heavy atom. The number of aliphatic hydroxyl groups is 1. The molecular formula is C10H8F8O4. The molecule has 1 saturated heterocycles. The standard InChI is InChI=1S/C10H8F8O4/c1-4(8(13,14)15)6(19)21-3-5-2-7(11,12)9(20,22-5)10(16,17)18/h5,20H,1-3H2. The van der Waals surface area contributed by atoms with Crippen LogP contribution in [-0.2, 0) is 14.3 Å². The van der Waals surface area contributed by atoms with Crippen LogP contribution in [0.25, 0.3) is 0 Å². The fourth-order valence-corrected chi connectivity index (χ4v) is 1.53. The minimum absolute atomic E-state index is 1.35. The van der Waals surface area contributed by atoms with Crippen molar-refractivity contribution in [2.45, 2.75) is 36.6 Å². The lowest BCUT2D eigenvalue weighted by Gasteiger charge is -2.29. The van der Waals surface area contributed by atoms with E-state index in [4.69, 9.17) is 5.11 Å². The zero-order valence-corrected chi connectivity index (χ0v) is 10.4. The summed E-state index contributed by atoms with van der Waals surface area (Å²) in [5.74, 6) is -11.6. The summed E-state index contributed by atoms with van der Waals surface area (Å²) in [7, 11) is 0. The number of esters is 1. The Morgan fingerprint density at radius 1 is 1.27 bits per heavy atom. The first-order valence-corrected chi connectivity index (χ1v) is 5.40. The van der Waals surface area contributed by atoms with Gasteiger partial charge in [0.1, 0.15) is 18.3 Å². The lowest BCUT2D eigenvalue weighted by atomic mass is 10.1. The molecule has 1 rings (SSSR count). The van der Waals surface area contributed by atoms with Gasteiger partial charge in [-0.2, -0.15) is 26.3 Å². The molecule has 4 nitrogen and oxygen atoms in total. The molecule has 0 amide bonds. The third kappa shape index (κ3) is 3.32. The Bertz CT molecular complexity index is 469. The van der Waals surface area contributed by atoms with Crippen molar-refractivity contribution in [3.63, 3.8) is 0 Å². The third-order valence-electron chi connectivity index (χ3n) is 2.69. The lowest BCUT2D eigenvalue weighted by molar-refractivity contribution is -0.407. The Kier molecular flexibility index (Phi) is 4.51. The number of halogens is 8. The maximum atomic E-state index is 13.2. The van der Waals surface area contributed by atoms with Crippen LogP contribution in [0, 0.1) is 0 Å². The van der Waals surface area contributed by atoms with Gasteiger partial charge in [0.05, 0.1) is 0 Å². The maximum absolute atomic E-state index is 13.2. The van der Waals surface area contributed by atoms with Gasteiger partial charge >= 0.3 is 30.0 Å². The van der Waals surface area contributed by atoms with Crippen molar-refractivity contribution < 1.29 is 54.5 Å². The molecule has 12 heteroatoms. The fourth-order valence-electron chi connectivity index (χ4n) is 1.53. The van der Waals surface area contributed by atoms with E-state index in [9.17, 15) is 39.9 Å². The zero-order chi connectivity index (χ0) is 17.6. The van der Waals surface area contributed by atoms with Crippen molar-refractivity contribution in [3.05, 3.63) is 12.2 Å². The van der Waals surface area contributed by atoms with Crippen molar-refractivity contribution in [2.24, 2.45) is 0 Å². The average molecular weight is 344 g/mol. The summed E-state index contributed by atoms with van der Waals surface area (Å²) in [6.07, 6.45) is -14.9. The largest absolute Gasteiger partial charge is 0.459 e. The highest BCUT2D eigenvalue weighted by Gasteiger charge is 2.75. The quantitative estimate of drug-likeness (QED) is 0.485. The molecule has 0 aromatic heterocycles. The van der Waals surface area contributed by atoms with E-state index in [0.29, 0.717) is 0 Å². The van der Waals surface area contributed by atoms with Crippen LogP contribution in [0.1, 0.15) is 6.42 Å². The molecule has 1 heterocycles. The highest BCUT2D eigenvalue weighted by Crippen LogP contribution is 2.51. The van der Waals surface area contributed by atoms with Gasteiger partial charge in [0.25, 0.3) is 0 Å². The van der Waals surface area contributed by atoms with E-state index in [1.54, 1.807) is 0 Å². The molecule has 0 aliphatic carbocycles. The van der Waals surface area contributed by atoms with E-state index in [-0.39, 0.29) is 0 Å². The molecule has 1 aliphatic rings. The van der Waals surface area contributed by atoms with Gasteiger partial charge in [-0.05, 0) is 0 Å². The van der Waals surface area contributed by atoms with Gasteiger partial charge in [0.15, 0.2) is 0 Å². The van der Waals surface area contributed by atoms with Crippen LogP contribution in [0.4, 0.5) is 35.1 Å². The molecule has 2 unspecified atom stereocenters. The molecule has 22 heavy (non-hydrogen) atoms. The van der Waals surface area contributed by atoms with Gasteiger partial charge in [-0.3, -0.25) is 0 Å².